The van der Waals surface area contributed by atoms with Crippen molar-refractivity contribution in [3.8, 4) is 33.6 Å². The smallest absolute Gasteiger partial charge is 0.335 e. The summed E-state index contributed by atoms with van der Waals surface area (Å²) < 4.78 is 28.1. The SMILES string of the molecule is C=CC(=O)OCC(COc1ccc(OC(=O)C2CCC(C=O)CC2)cc1)C(C)CC.C=CC=O.CC.COc1ccc(OC)c2sc(-c3ccc([N+](=O)[O-])cc3)nc12.O=CC1CCC(c2ccc(C(=O)O)cc2)CC1.O=CO. The molecule has 18 nitrogen and oxygen atoms in total. The number of aromatic carboxylic acids is 1. The van der Waals surface area contributed by atoms with Gasteiger partial charge in [-0.15, -0.1) is 11.3 Å². The normalized spacial score (nSPS) is 16.6. The Morgan fingerprint density at radius 1 is 0.782 bits per heavy atom. The highest BCUT2D eigenvalue weighted by atomic mass is 32.1. The number of aromatic nitrogens is 1. The number of hydrogen-bond donors (Lipinski definition) is 2. The summed E-state index contributed by atoms with van der Waals surface area (Å²) in [7, 11) is 3.19. The Morgan fingerprint density at radius 2 is 1.31 bits per heavy atom. The number of esters is 2. The number of non-ortho nitro benzene ring substituents is 1. The molecule has 2 atom stereocenters. The summed E-state index contributed by atoms with van der Waals surface area (Å²) in [6.07, 6.45) is 12.8. The number of nitro benzene ring substituents is 1. The van der Waals surface area contributed by atoms with Crippen LogP contribution >= 0.6 is 11.3 Å². The van der Waals surface area contributed by atoms with Crippen LogP contribution in [0.2, 0.25) is 0 Å². The highest BCUT2D eigenvalue weighted by Crippen LogP contribution is 2.41. The van der Waals surface area contributed by atoms with E-state index in [0.717, 1.165) is 90.1 Å². The number of nitrogens with zero attached hydrogens (tertiary/aromatic N) is 2. The van der Waals surface area contributed by atoms with E-state index >= 15 is 0 Å². The molecule has 0 aliphatic heterocycles. The van der Waals surface area contributed by atoms with Crippen molar-refractivity contribution in [1.82, 2.24) is 4.98 Å². The standard InChI is InChI=1S/C24H32O6.C15H12N2O4S.C14H16O3.C3H4O.C2H6.CH2O2/c1-4-17(3)20(16-29-23(26)5-2)15-28-21-10-12-22(13-11-21)30-24(27)19-8-6-18(14-25)7-9-19;1-20-11-7-8-12(21-2)14-13(11)16-15(22-14)9-3-5-10(6-4-9)17(18)19;15-9-10-1-3-11(4-2-10)12-5-7-13(8-6-12)14(16)17;1-2-3-4;1-2;2-1-3/h5,10-14,17-20H,2,4,6-9,15-16H2,1,3H3;3-8H,1-2H3;5-11H,1-4H2,(H,16,17);2-3H,1H2;1-2H3;1H,(H,2,3). The van der Waals surface area contributed by atoms with Gasteiger partial charge < -0.3 is 43.5 Å². The molecule has 0 spiro atoms. The molecule has 0 amide bonds. The number of carbonyl (C=O) groups is 7. The highest BCUT2D eigenvalue weighted by Gasteiger charge is 2.28. The number of thiazole rings is 1. The lowest BCUT2D eigenvalue weighted by molar-refractivity contribution is -0.384. The third-order valence-corrected chi connectivity index (χ3v) is 13.9. The predicted molar refractivity (Wildman–Crippen MR) is 298 cm³/mol. The molecule has 19 heteroatoms. The van der Waals surface area contributed by atoms with Gasteiger partial charge in [0.15, 0.2) is 0 Å². The quantitative estimate of drug-likeness (QED) is 0.0194. The zero-order valence-electron chi connectivity index (χ0n) is 45.1. The third kappa shape index (κ3) is 21.9. The van der Waals surface area contributed by atoms with Crippen LogP contribution in [0, 0.1) is 39.7 Å². The molecule has 2 fully saturated rings. The summed E-state index contributed by atoms with van der Waals surface area (Å²) in [4.78, 5) is 88.2. The maximum absolute atomic E-state index is 12.3. The molecule has 2 N–H and O–H groups in total. The van der Waals surface area contributed by atoms with Crippen molar-refractivity contribution in [1.29, 1.82) is 0 Å². The number of allylic oxidation sites excluding steroid dienone is 1. The van der Waals surface area contributed by atoms with Crippen LogP contribution in [0.1, 0.15) is 107 Å². The molecule has 1 heterocycles. The zero-order valence-corrected chi connectivity index (χ0v) is 45.9. The van der Waals surface area contributed by atoms with Crippen LogP contribution in [0.4, 0.5) is 5.69 Å². The number of benzene rings is 4. The van der Waals surface area contributed by atoms with Crippen LogP contribution in [0.25, 0.3) is 20.8 Å². The average Bonchev–Trinajstić information content (AvgIpc) is 3.96. The van der Waals surface area contributed by atoms with Crippen molar-refractivity contribution < 1.29 is 72.4 Å². The summed E-state index contributed by atoms with van der Waals surface area (Å²) >= 11 is 1.46. The lowest BCUT2D eigenvalue weighted by Crippen LogP contribution is -2.26. The second kappa shape index (κ2) is 36.8. The monoisotopic (exact) mass is 1100 g/mol. The first-order valence-electron chi connectivity index (χ1n) is 25.5. The number of aldehydes is 3. The van der Waals surface area contributed by atoms with E-state index in [9.17, 15) is 34.1 Å². The van der Waals surface area contributed by atoms with Crippen molar-refractivity contribution in [2.75, 3.05) is 27.4 Å². The molecule has 5 aromatic rings. The summed E-state index contributed by atoms with van der Waals surface area (Å²) in [5, 5.41) is 27.2. The summed E-state index contributed by atoms with van der Waals surface area (Å²) in [5.74, 6) is 1.99. The Morgan fingerprint density at radius 3 is 1.78 bits per heavy atom. The molecule has 2 unspecified atom stereocenters. The first-order chi connectivity index (χ1) is 37.6. The number of methoxy groups -OCH3 is 2. The van der Waals surface area contributed by atoms with Gasteiger partial charge in [0.2, 0.25) is 0 Å². The van der Waals surface area contributed by atoms with E-state index in [4.69, 9.17) is 43.5 Å². The predicted octanol–water partition coefficient (Wildman–Crippen LogP) is 12.2. The lowest BCUT2D eigenvalue weighted by atomic mass is 9.79. The van der Waals surface area contributed by atoms with E-state index in [0.29, 0.717) is 60.4 Å². The Labute approximate surface area is 459 Å². The Balaban J connectivity index is 0.000000382. The molecule has 2 saturated carbocycles. The van der Waals surface area contributed by atoms with Gasteiger partial charge in [-0.2, -0.15) is 0 Å². The minimum atomic E-state index is -0.888. The van der Waals surface area contributed by atoms with E-state index < -0.39 is 16.9 Å². The summed E-state index contributed by atoms with van der Waals surface area (Å²) in [6.45, 7) is 15.1. The second-order valence-corrected chi connectivity index (χ2v) is 18.6. The number of hydrogen-bond acceptors (Lipinski definition) is 16. The van der Waals surface area contributed by atoms with E-state index in [-0.39, 0.29) is 48.4 Å². The molecule has 0 radical (unpaired) electrons. The lowest BCUT2D eigenvalue weighted by Gasteiger charge is -2.25. The highest BCUT2D eigenvalue weighted by molar-refractivity contribution is 7.22. The number of ether oxygens (including phenoxy) is 5. The van der Waals surface area contributed by atoms with Crippen molar-refractivity contribution in [3.05, 3.63) is 131 Å². The van der Waals surface area contributed by atoms with Gasteiger partial charge in [0.25, 0.3) is 12.2 Å². The second-order valence-electron chi connectivity index (χ2n) is 17.6. The van der Waals surface area contributed by atoms with E-state index in [1.54, 1.807) is 68.8 Å². The molecule has 2 aliphatic carbocycles. The topological polar surface area (TPSA) is 262 Å². The number of carboxylic acids is 1. The maximum Gasteiger partial charge on any atom is 0.335 e. The molecule has 78 heavy (non-hydrogen) atoms. The van der Waals surface area contributed by atoms with Gasteiger partial charge in [-0.3, -0.25) is 24.5 Å². The van der Waals surface area contributed by atoms with Crippen molar-refractivity contribution in [2.45, 2.75) is 91.4 Å². The Bertz CT molecular complexity index is 2610. The van der Waals surface area contributed by atoms with Gasteiger partial charge in [-0.25, -0.2) is 14.6 Å². The number of nitro groups is 1. The minimum absolute atomic E-state index is 0.0556. The van der Waals surface area contributed by atoms with Gasteiger partial charge in [0.05, 0.1) is 43.8 Å². The molecule has 4 aromatic carbocycles. The molecule has 7 rings (SSSR count). The molecule has 0 saturated heterocycles. The van der Waals surface area contributed by atoms with Crippen LogP contribution in [0.3, 0.4) is 0 Å². The first kappa shape index (κ1) is 66.1. The number of carbonyl (C=O) groups excluding carboxylic acids is 5. The van der Waals surface area contributed by atoms with Crippen LogP contribution in [0.15, 0.2) is 110 Å². The number of rotatable bonds is 19. The summed E-state index contributed by atoms with van der Waals surface area (Å²) in [5.41, 5.74) is 3.12. The zero-order chi connectivity index (χ0) is 58.0. The fourth-order valence-electron chi connectivity index (χ4n) is 8.08. The fourth-order valence-corrected chi connectivity index (χ4v) is 9.16. The van der Waals surface area contributed by atoms with Gasteiger partial charge in [-0.05, 0) is 136 Å². The third-order valence-electron chi connectivity index (χ3n) is 12.8. The van der Waals surface area contributed by atoms with Crippen LogP contribution in [-0.4, -0.2) is 90.8 Å². The Kier molecular flexibility index (Phi) is 31.2. The van der Waals surface area contributed by atoms with Gasteiger partial charge in [0.1, 0.15) is 57.1 Å². The van der Waals surface area contributed by atoms with E-state index in [1.807, 2.05) is 32.0 Å². The molecule has 2 aliphatic rings. The first-order valence-corrected chi connectivity index (χ1v) is 26.3. The van der Waals surface area contributed by atoms with Crippen molar-refractivity contribution in [3.63, 3.8) is 0 Å². The fraction of sp³-hybridized carbons (Fsp3) is 0.390. The molecule has 1 aromatic heterocycles. The Hall–Kier alpha value is -8.06. The van der Waals surface area contributed by atoms with E-state index in [2.05, 4.69) is 32.0 Å². The van der Waals surface area contributed by atoms with Crippen LogP contribution in [-0.2, 0) is 33.5 Å². The van der Waals surface area contributed by atoms with Crippen molar-refractivity contribution in [2.24, 2.45) is 29.6 Å². The average molecular weight is 1100 g/mol. The molecular formula is C59H72N2O16S. The van der Waals surface area contributed by atoms with Crippen molar-refractivity contribution >= 4 is 70.5 Å². The van der Waals surface area contributed by atoms with Crippen LogP contribution in [0.5, 0.6) is 23.0 Å². The summed E-state index contributed by atoms with van der Waals surface area (Å²) in [6, 6.07) is 24.0. The molecular weight excluding hydrogens is 1020 g/mol. The largest absolute Gasteiger partial charge is 0.495 e. The molecule has 0 bridgehead atoms. The number of carboxylic acid groups (broad SMARTS) is 2. The number of fused-ring (bicyclic) bond motifs is 1. The van der Waals surface area contributed by atoms with Gasteiger partial charge in [-0.1, -0.05) is 59.4 Å². The maximum atomic E-state index is 12.3. The minimum Gasteiger partial charge on any atom is -0.495 e. The molecule has 420 valence electrons. The van der Waals surface area contributed by atoms with E-state index in [1.165, 1.54) is 35.1 Å². The van der Waals surface area contributed by atoms with Gasteiger partial charge >= 0.3 is 17.9 Å². The van der Waals surface area contributed by atoms with Gasteiger partial charge in [0, 0.05) is 41.5 Å². The van der Waals surface area contributed by atoms with Crippen LogP contribution < -0.4 is 18.9 Å².